The van der Waals surface area contributed by atoms with Crippen molar-refractivity contribution in [1.82, 2.24) is 4.90 Å². The Labute approximate surface area is 113 Å². The molecule has 0 aliphatic carbocycles. The number of rotatable bonds is 1. The summed E-state index contributed by atoms with van der Waals surface area (Å²) in [6.45, 7) is 6.08. The van der Waals surface area contributed by atoms with E-state index in [0.717, 1.165) is 25.9 Å². The van der Waals surface area contributed by atoms with Crippen molar-refractivity contribution in [3.63, 3.8) is 0 Å². The molecule has 98 valence electrons. The van der Waals surface area contributed by atoms with E-state index in [0.29, 0.717) is 21.7 Å². The maximum atomic E-state index is 12.3. The van der Waals surface area contributed by atoms with E-state index < -0.39 is 0 Å². The number of amides is 1. The molecule has 18 heavy (non-hydrogen) atoms. The lowest BCUT2D eigenvalue weighted by Gasteiger charge is -2.37. The third kappa shape index (κ3) is 2.78. The SMILES string of the molecule is CC1(C)CCN(C(=O)c2ccc(N)cc2Cl)CC1. The normalized spacial score (nSPS) is 18.7. The number of nitrogens with two attached hydrogens (primary N) is 1. The zero-order valence-electron chi connectivity index (χ0n) is 10.9. The van der Waals surface area contributed by atoms with Crippen molar-refractivity contribution < 1.29 is 4.79 Å². The van der Waals surface area contributed by atoms with Crippen LogP contribution in [0.1, 0.15) is 37.0 Å². The molecule has 2 rings (SSSR count). The van der Waals surface area contributed by atoms with Crippen LogP contribution in [-0.2, 0) is 0 Å². The highest BCUT2D eigenvalue weighted by atomic mass is 35.5. The number of hydrogen-bond donors (Lipinski definition) is 1. The molecular weight excluding hydrogens is 248 g/mol. The van der Waals surface area contributed by atoms with E-state index in [4.69, 9.17) is 17.3 Å². The van der Waals surface area contributed by atoms with Gasteiger partial charge in [-0.15, -0.1) is 0 Å². The van der Waals surface area contributed by atoms with Gasteiger partial charge in [-0.25, -0.2) is 0 Å². The van der Waals surface area contributed by atoms with E-state index in [1.54, 1.807) is 18.2 Å². The fourth-order valence-electron chi connectivity index (χ4n) is 2.19. The number of benzene rings is 1. The van der Waals surface area contributed by atoms with E-state index in [2.05, 4.69) is 13.8 Å². The summed E-state index contributed by atoms with van der Waals surface area (Å²) in [4.78, 5) is 14.2. The second kappa shape index (κ2) is 4.81. The van der Waals surface area contributed by atoms with Crippen LogP contribution in [-0.4, -0.2) is 23.9 Å². The molecule has 1 aromatic carbocycles. The minimum atomic E-state index is 0.00972. The smallest absolute Gasteiger partial charge is 0.255 e. The molecular formula is C14H19ClN2O. The molecule has 1 saturated heterocycles. The Morgan fingerprint density at radius 3 is 2.50 bits per heavy atom. The Balaban J connectivity index is 2.13. The third-order valence-corrected chi connectivity index (χ3v) is 3.94. The highest BCUT2D eigenvalue weighted by molar-refractivity contribution is 6.34. The Hall–Kier alpha value is -1.22. The number of anilines is 1. The minimum Gasteiger partial charge on any atom is -0.399 e. The van der Waals surface area contributed by atoms with Crippen LogP contribution in [0.5, 0.6) is 0 Å². The highest BCUT2D eigenvalue weighted by Crippen LogP contribution is 2.31. The van der Waals surface area contributed by atoms with Gasteiger partial charge in [-0.05, 0) is 36.5 Å². The first-order valence-electron chi connectivity index (χ1n) is 6.23. The monoisotopic (exact) mass is 266 g/mol. The van der Waals surface area contributed by atoms with Gasteiger partial charge in [0.2, 0.25) is 0 Å². The van der Waals surface area contributed by atoms with E-state index in [-0.39, 0.29) is 5.91 Å². The summed E-state index contributed by atoms with van der Waals surface area (Å²) in [5.74, 6) is 0.00972. The molecule has 0 unspecified atom stereocenters. The van der Waals surface area contributed by atoms with Gasteiger partial charge in [0.15, 0.2) is 0 Å². The molecule has 1 aliphatic heterocycles. The highest BCUT2D eigenvalue weighted by Gasteiger charge is 2.28. The van der Waals surface area contributed by atoms with Gasteiger partial charge in [0.05, 0.1) is 10.6 Å². The number of carbonyl (C=O) groups excluding carboxylic acids is 1. The quantitative estimate of drug-likeness (QED) is 0.794. The predicted octanol–water partition coefficient (Wildman–Crippen LogP) is 3.18. The predicted molar refractivity (Wildman–Crippen MR) is 74.8 cm³/mol. The summed E-state index contributed by atoms with van der Waals surface area (Å²) >= 11 is 6.07. The molecule has 1 heterocycles. The van der Waals surface area contributed by atoms with Crippen LogP contribution < -0.4 is 5.73 Å². The molecule has 1 aromatic rings. The van der Waals surface area contributed by atoms with Gasteiger partial charge in [-0.1, -0.05) is 25.4 Å². The van der Waals surface area contributed by atoms with Gasteiger partial charge in [0, 0.05) is 18.8 Å². The van der Waals surface area contributed by atoms with Crippen molar-refractivity contribution in [2.45, 2.75) is 26.7 Å². The molecule has 4 heteroatoms. The minimum absolute atomic E-state index is 0.00972. The maximum Gasteiger partial charge on any atom is 0.255 e. The van der Waals surface area contributed by atoms with Crippen LogP contribution in [0, 0.1) is 5.41 Å². The van der Waals surface area contributed by atoms with Crippen molar-refractivity contribution >= 4 is 23.2 Å². The molecule has 1 amide bonds. The Morgan fingerprint density at radius 1 is 1.33 bits per heavy atom. The fraction of sp³-hybridized carbons (Fsp3) is 0.500. The summed E-state index contributed by atoms with van der Waals surface area (Å²) in [5.41, 5.74) is 7.09. The van der Waals surface area contributed by atoms with Gasteiger partial charge >= 0.3 is 0 Å². The number of hydrogen-bond acceptors (Lipinski definition) is 2. The average molecular weight is 267 g/mol. The second-order valence-corrected chi connectivity index (χ2v) is 6.10. The lowest BCUT2D eigenvalue weighted by Crippen LogP contribution is -2.41. The molecule has 1 fully saturated rings. The van der Waals surface area contributed by atoms with Crippen molar-refractivity contribution in [3.8, 4) is 0 Å². The molecule has 2 N–H and O–H groups in total. The number of piperidine rings is 1. The van der Waals surface area contributed by atoms with Crippen LogP contribution >= 0.6 is 11.6 Å². The van der Waals surface area contributed by atoms with Crippen molar-refractivity contribution in [1.29, 1.82) is 0 Å². The molecule has 1 aliphatic rings. The molecule has 0 atom stereocenters. The molecule has 0 spiro atoms. The number of nitrogen functional groups attached to an aromatic ring is 1. The zero-order valence-corrected chi connectivity index (χ0v) is 11.6. The Kier molecular flexibility index (Phi) is 3.53. The maximum absolute atomic E-state index is 12.3. The topological polar surface area (TPSA) is 46.3 Å². The van der Waals surface area contributed by atoms with Crippen molar-refractivity contribution in [2.75, 3.05) is 18.8 Å². The fourth-order valence-corrected chi connectivity index (χ4v) is 2.46. The second-order valence-electron chi connectivity index (χ2n) is 5.70. The van der Waals surface area contributed by atoms with Crippen molar-refractivity contribution in [2.24, 2.45) is 5.41 Å². The summed E-state index contributed by atoms with van der Waals surface area (Å²) < 4.78 is 0. The Morgan fingerprint density at radius 2 is 1.94 bits per heavy atom. The average Bonchev–Trinajstić information content (AvgIpc) is 2.28. The standard InChI is InChI=1S/C14H19ClN2O/c1-14(2)5-7-17(8-6-14)13(18)11-4-3-10(16)9-12(11)15/h3-4,9H,5-8,16H2,1-2H3. The first kappa shape index (κ1) is 13.2. The van der Waals surface area contributed by atoms with Gasteiger partial charge in [-0.3, -0.25) is 4.79 Å². The van der Waals surface area contributed by atoms with Crippen LogP contribution in [0.3, 0.4) is 0 Å². The van der Waals surface area contributed by atoms with Gasteiger partial charge < -0.3 is 10.6 Å². The summed E-state index contributed by atoms with van der Waals surface area (Å²) in [6.07, 6.45) is 2.07. The first-order valence-corrected chi connectivity index (χ1v) is 6.61. The van der Waals surface area contributed by atoms with Gasteiger partial charge in [0.25, 0.3) is 5.91 Å². The molecule has 0 radical (unpaired) electrons. The number of carbonyl (C=O) groups is 1. The lowest BCUT2D eigenvalue weighted by atomic mass is 9.82. The molecule has 3 nitrogen and oxygen atoms in total. The number of nitrogens with zero attached hydrogens (tertiary/aromatic N) is 1. The third-order valence-electron chi connectivity index (χ3n) is 3.63. The molecule has 0 aromatic heterocycles. The van der Waals surface area contributed by atoms with Gasteiger partial charge in [-0.2, -0.15) is 0 Å². The van der Waals surface area contributed by atoms with Crippen LogP contribution in [0.25, 0.3) is 0 Å². The van der Waals surface area contributed by atoms with Gasteiger partial charge in [0.1, 0.15) is 0 Å². The van der Waals surface area contributed by atoms with E-state index in [1.165, 1.54) is 0 Å². The molecule has 0 bridgehead atoms. The largest absolute Gasteiger partial charge is 0.399 e. The lowest BCUT2D eigenvalue weighted by molar-refractivity contribution is 0.0630. The van der Waals surface area contributed by atoms with E-state index >= 15 is 0 Å². The summed E-state index contributed by atoms with van der Waals surface area (Å²) in [6, 6.07) is 5.05. The summed E-state index contributed by atoms with van der Waals surface area (Å²) in [5, 5.41) is 0.435. The molecule has 0 saturated carbocycles. The van der Waals surface area contributed by atoms with Crippen LogP contribution in [0.4, 0.5) is 5.69 Å². The number of likely N-dealkylation sites (tertiary alicyclic amines) is 1. The summed E-state index contributed by atoms with van der Waals surface area (Å²) in [7, 11) is 0. The van der Waals surface area contributed by atoms with E-state index in [1.807, 2.05) is 4.90 Å². The number of halogens is 1. The Bertz CT molecular complexity index is 461. The zero-order chi connectivity index (χ0) is 13.3. The first-order chi connectivity index (χ1) is 8.39. The van der Waals surface area contributed by atoms with Crippen LogP contribution in [0.2, 0.25) is 5.02 Å². The van der Waals surface area contributed by atoms with Crippen molar-refractivity contribution in [3.05, 3.63) is 28.8 Å². The van der Waals surface area contributed by atoms with E-state index in [9.17, 15) is 4.79 Å². The van der Waals surface area contributed by atoms with Crippen LogP contribution in [0.15, 0.2) is 18.2 Å².